The highest BCUT2D eigenvalue weighted by Crippen LogP contribution is 2.28. The van der Waals surface area contributed by atoms with E-state index < -0.39 is 9.73 Å². The number of anilines is 1. The Labute approximate surface area is 158 Å². The van der Waals surface area contributed by atoms with Crippen LogP contribution in [0.5, 0.6) is 0 Å². The zero-order chi connectivity index (χ0) is 19.0. The number of nitrogens with zero attached hydrogens (tertiary/aromatic N) is 4. The Kier molecular flexibility index (Phi) is 4.56. The summed E-state index contributed by atoms with van der Waals surface area (Å²) in [5.74, 6) is 1.42. The Balaban J connectivity index is 1.86. The summed E-state index contributed by atoms with van der Waals surface area (Å²) in [6, 6.07) is 5.85. The lowest BCUT2D eigenvalue weighted by Crippen LogP contribution is -2.44. The van der Waals surface area contributed by atoms with Crippen molar-refractivity contribution in [1.29, 1.82) is 4.78 Å². The van der Waals surface area contributed by atoms with Gasteiger partial charge in [0.15, 0.2) is 5.82 Å². The molecular weight excluding hydrogens is 364 g/mol. The summed E-state index contributed by atoms with van der Waals surface area (Å²) in [6.07, 6.45) is 4.98. The number of aromatic nitrogens is 4. The minimum absolute atomic E-state index is 0.0929. The molecule has 9 heteroatoms. The monoisotopic (exact) mass is 386 g/mol. The van der Waals surface area contributed by atoms with Crippen molar-refractivity contribution in [3.8, 4) is 11.4 Å². The summed E-state index contributed by atoms with van der Waals surface area (Å²) in [5, 5.41) is 0.929. The molecule has 1 aliphatic heterocycles. The highest BCUT2D eigenvalue weighted by Gasteiger charge is 2.22. The topological polar surface area (TPSA) is 108 Å². The molecule has 0 aromatic carbocycles. The first-order chi connectivity index (χ1) is 12.9. The van der Waals surface area contributed by atoms with E-state index in [0.29, 0.717) is 24.7 Å². The smallest absolute Gasteiger partial charge is 0.162 e. The summed E-state index contributed by atoms with van der Waals surface area (Å²) in [7, 11) is -2.72. The molecule has 1 saturated heterocycles. The molecular formula is C18H22N6O2S. The number of pyridine rings is 1. The molecule has 2 atom stereocenters. The first kappa shape index (κ1) is 17.9. The van der Waals surface area contributed by atoms with Gasteiger partial charge in [-0.3, -0.25) is 4.78 Å². The Bertz CT molecular complexity index is 1080. The van der Waals surface area contributed by atoms with Crippen molar-refractivity contribution >= 4 is 26.6 Å². The van der Waals surface area contributed by atoms with Crippen LogP contribution in [0.2, 0.25) is 0 Å². The second-order valence-electron chi connectivity index (χ2n) is 6.91. The van der Waals surface area contributed by atoms with E-state index in [4.69, 9.17) is 14.5 Å². The Morgan fingerprint density at radius 3 is 3.04 bits per heavy atom. The summed E-state index contributed by atoms with van der Waals surface area (Å²) < 4.78 is 25.4. The van der Waals surface area contributed by atoms with Gasteiger partial charge >= 0.3 is 0 Å². The number of H-pyrrole nitrogens is 1. The van der Waals surface area contributed by atoms with Gasteiger partial charge in [0.25, 0.3) is 0 Å². The summed E-state index contributed by atoms with van der Waals surface area (Å²) in [6.45, 7) is 4.09. The fourth-order valence-corrected chi connectivity index (χ4v) is 4.04. The van der Waals surface area contributed by atoms with Crippen LogP contribution in [0, 0.1) is 4.78 Å². The average Bonchev–Trinajstić information content (AvgIpc) is 3.09. The number of nitrogens with one attached hydrogen (secondary N) is 2. The fourth-order valence-electron chi connectivity index (χ4n) is 3.33. The molecule has 3 aromatic heterocycles. The van der Waals surface area contributed by atoms with Crippen molar-refractivity contribution in [3.05, 3.63) is 36.3 Å². The van der Waals surface area contributed by atoms with E-state index in [1.807, 2.05) is 24.4 Å². The standard InChI is InChI=1S/C18H22N6O2S/c1-12-10-26-8-7-24(12)16-9-13(11-27(2,19)25)22-18(23-16)15-4-6-21-17-14(15)3-5-20-17/h3-6,9,12,19H,7-8,10-11H2,1-2H3,(H,20,21)/t12-,27?/m1/s1. The van der Waals surface area contributed by atoms with Crippen molar-refractivity contribution in [2.24, 2.45) is 0 Å². The Morgan fingerprint density at radius 1 is 1.41 bits per heavy atom. The van der Waals surface area contributed by atoms with Crippen LogP contribution in [-0.4, -0.2) is 56.2 Å². The van der Waals surface area contributed by atoms with Crippen molar-refractivity contribution in [1.82, 2.24) is 19.9 Å². The van der Waals surface area contributed by atoms with Gasteiger partial charge in [0.1, 0.15) is 11.5 Å². The van der Waals surface area contributed by atoms with Crippen molar-refractivity contribution in [2.75, 3.05) is 30.9 Å². The molecule has 4 heterocycles. The summed E-state index contributed by atoms with van der Waals surface area (Å²) in [4.78, 5) is 19.0. The third-order valence-electron chi connectivity index (χ3n) is 4.55. The quantitative estimate of drug-likeness (QED) is 0.713. The maximum Gasteiger partial charge on any atom is 0.162 e. The third-order valence-corrected chi connectivity index (χ3v) is 5.40. The summed E-state index contributed by atoms with van der Waals surface area (Å²) in [5.41, 5.74) is 2.23. The lowest BCUT2D eigenvalue weighted by molar-refractivity contribution is 0.0985. The maximum atomic E-state index is 12.1. The number of hydrogen-bond acceptors (Lipinski definition) is 7. The average molecular weight is 386 g/mol. The van der Waals surface area contributed by atoms with Gasteiger partial charge in [-0.05, 0) is 19.1 Å². The minimum Gasteiger partial charge on any atom is -0.377 e. The molecule has 1 unspecified atom stereocenters. The normalized spacial score (nSPS) is 19.9. The molecule has 142 valence electrons. The predicted octanol–water partition coefficient (Wildman–Crippen LogP) is 2.42. The third kappa shape index (κ3) is 3.79. The second kappa shape index (κ2) is 6.90. The van der Waals surface area contributed by atoms with E-state index >= 15 is 0 Å². The maximum absolute atomic E-state index is 12.1. The van der Waals surface area contributed by atoms with E-state index in [2.05, 4.69) is 26.8 Å². The molecule has 0 aliphatic carbocycles. The molecule has 0 amide bonds. The van der Waals surface area contributed by atoms with Crippen LogP contribution in [0.15, 0.2) is 30.6 Å². The molecule has 0 saturated carbocycles. The molecule has 27 heavy (non-hydrogen) atoms. The van der Waals surface area contributed by atoms with Crippen LogP contribution >= 0.6 is 0 Å². The zero-order valence-corrected chi connectivity index (χ0v) is 16.1. The van der Waals surface area contributed by atoms with E-state index in [1.54, 1.807) is 6.20 Å². The number of rotatable bonds is 4. The van der Waals surface area contributed by atoms with Gasteiger partial charge < -0.3 is 14.6 Å². The highest BCUT2D eigenvalue weighted by atomic mass is 32.2. The molecule has 1 fully saturated rings. The van der Waals surface area contributed by atoms with E-state index in [-0.39, 0.29) is 11.8 Å². The fraction of sp³-hybridized carbons (Fsp3) is 0.389. The second-order valence-corrected chi connectivity index (χ2v) is 9.20. The predicted molar refractivity (Wildman–Crippen MR) is 105 cm³/mol. The highest BCUT2D eigenvalue weighted by molar-refractivity contribution is 7.90. The van der Waals surface area contributed by atoms with Crippen molar-refractivity contribution in [3.63, 3.8) is 0 Å². The van der Waals surface area contributed by atoms with Gasteiger partial charge in [-0.15, -0.1) is 0 Å². The number of ether oxygens (including phenoxy) is 1. The number of aromatic amines is 1. The Hall–Kier alpha value is -2.52. The van der Waals surface area contributed by atoms with Crippen LogP contribution in [0.3, 0.4) is 0 Å². The molecule has 0 bridgehead atoms. The van der Waals surface area contributed by atoms with E-state index in [0.717, 1.165) is 29.0 Å². The molecule has 4 rings (SSSR count). The van der Waals surface area contributed by atoms with Gasteiger partial charge in [0.05, 0.1) is 30.7 Å². The van der Waals surface area contributed by atoms with Crippen molar-refractivity contribution < 1.29 is 8.95 Å². The zero-order valence-electron chi connectivity index (χ0n) is 15.3. The minimum atomic E-state index is -2.72. The SMILES string of the molecule is C[C@@H]1COCCN1c1cc(CS(C)(=N)=O)nc(-c2ccnc3[nH]ccc23)n1. The van der Waals surface area contributed by atoms with Crippen molar-refractivity contribution in [2.45, 2.75) is 18.7 Å². The van der Waals surface area contributed by atoms with Gasteiger partial charge in [-0.2, -0.15) is 0 Å². The van der Waals surface area contributed by atoms with E-state index in [1.165, 1.54) is 6.26 Å². The van der Waals surface area contributed by atoms with Crippen LogP contribution in [0.25, 0.3) is 22.4 Å². The van der Waals surface area contributed by atoms with Gasteiger partial charge in [-0.1, -0.05) is 0 Å². The van der Waals surface area contributed by atoms with Crippen LogP contribution < -0.4 is 4.90 Å². The molecule has 1 aliphatic rings. The van der Waals surface area contributed by atoms with Gasteiger partial charge in [0, 0.05) is 51.9 Å². The first-order valence-electron chi connectivity index (χ1n) is 8.77. The first-order valence-corrected chi connectivity index (χ1v) is 10.9. The molecule has 0 radical (unpaired) electrons. The molecule has 8 nitrogen and oxygen atoms in total. The summed E-state index contributed by atoms with van der Waals surface area (Å²) >= 11 is 0. The van der Waals surface area contributed by atoms with E-state index in [9.17, 15) is 4.21 Å². The molecule has 2 N–H and O–H groups in total. The van der Waals surface area contributed by atoms with Crippen LogP contribution in [0.4, 0.5) is 5.82 Å². The number of hydrogen-bond donors (Lipinski definition) is 2. The van der Waals surface area contributed by atoms with Crippen LogP contribution in [0.1, 0.15) is 12.6 Å². The lowest BCUT2D eigenvalue weighted by atomic mass is 10.1. The molecule has 0 spiro atoms. The van der Waals surface area contributed by atoms with Crippen LogP contribution in [-0.2, 0) is 20.2 Å². The number of morpholine rings is 1. The number of fused-ring (bicyclic) bond motifs is 1. The largest absolute Gasteiger partial charge is 0.377 e. The lowest BCUT2D eigenvalue weighted by Gasteiger charge is -2.34. The van der Waals surface area contributed by atoms with Gasteiger partial charge in [0.2, 0.25) is 0 Å². The Morgan fingerprint density at radius 2 is 2.26 bits per heavy atom. The van der Waals surface area contributed by atoms with Gasteiger partial charge in [-0.25, -0.2) is 19.2 Å². The molecule has 3 aromatic rings.